The maximum Gasteiger partial charge on any atom is 0.354 e. The van der Waals surface area contributed by atoms with E-state index in [-0.39, 0.29) is 12.2 Å². The molecule has 0 saturated carbocycles. The van der Waals surface area contributed by atoms with E-state index < -0.39 is 12.1 Å². The van der Waals surface area contributed by atoms with Crippen molar-refractivity contribution in [1.29, 1.82) is 0 Å². The fourth-order valence-electron chi connectivity index (χ4n) is 1.19. The van der Waals surface area contributed by atoms with Crippen molar-refractivity contribution in [3.63, 3.8) is 0 Å². The van der Waals surface area contributed by atoms with E-state index in [9.17, 15) is 9.59 Å². The van der Waals surface area contributed by atoms with E-state index in [0.717, 1.165) is 0 Å². The number of methoxy groups -OCH3 is 1. The van der Waals surface area contributed by atoms with Gasteiger partial charge in [-0.1, -0.05) is 18.5 Å². The Hall–Kier alpha value is -1.55. The molecule has 0 fully saturated rings. The Kier molecular flexibility index (Phi) is 4.97. The molecule has 0 amide bonds. The van der Waals surface area contributed by atoms with Gasteiger partial charge in [-0.25, -0.2) is 4.79 Å². The van der Waals surface area contributed by atoms with Gasteiger partial charge in [0.05, 0.1) is 7.11 Å². The summed E-state index contributed by atoms with van der Waals surface area (Å²) in [5.74, 6) is -0.634. The SMILES string of the molecule is CCC(=O)C(Oc1ccc(Cl)cc1)C(=O)OC. The molecule has 1 aromatic carbocycles. The Labute approximate surface area is 104 Å². The Bertz CT molecular complexity index is 383. The van der Waals surface area contributed by atoms with Crippen molar-refractivity contribution < 1.29 is 19.1 Å². The largest absolute Gasteiger partial charge is 0.471 e. The Morgan fingerprint density at radius 1 is 1.29 bits per heavy atom. The van der Waals surface area contributed by atoms with E-state index >= 15 is 0 Å². The van der Waals surface area contributed by atoms with E-state index in [1.165, 1.54) is 7.11 Å². The first-order chi connectivity index (χ1) is 8.08. The van der Waals surface area contributed by atoms with Crippen LogP contribution in [0.2, 0.25) is 5.02 Å². The predicted octanol–water partition coefficient (Wildman–Crippen LogP) is 2.24. The second-order valence-electron chi connectivity index (χ2n) is 3.29. The molecule has 0 N–H and O–H groups in total. The first-order valence-corrected chi connectivity index (χ1v) is 5.49. The average Bonchev–Trinajstić information content (AvgIpc) is 2.36. The Morgan fingerprint density at radius 2 is 1.88 bits per heavy atom. The van der Waals surface area contributed by atoms with Gasteiger partial charge in [-0.15, -0.1) is 0 Å². The van der Waals surface area contributed by atoms with Crippen LogP contribution < -0.4 is 4.74 Å². The summed E-state index contributed by atoms with van der Waals surface area (Å²) in [6.07, 6.45) is -1.01. The summed E-state index contributed by atoms with van der Waals surface area (Å²) in [6.45, 7) is 1.66. The van der Waals surface area contributed by atoms with Gasteiger partial charge in [-0.2, -0.15) is 0 Å². The number of rotatable bonds is 5. The number of carbonyl (C=O) groups excluding carboxylic acids is 2. The van der Waals surface area contributed by atoms with Crippen LogP contribution in [-0.4, -0.2) is 25.0 Å². The highest BCUT2D eigenvalue weighted by Crippen LogP contribution is 2.17. The molecular weight excluding hydrogens is 244 g/mol. The first-order valence-electron chi connectivity index (χ1n) is 5.11. The highest BCUT2D eigenvalue weighted by Gasteiger charge is 2.28. The smallest absolute Gasteiger partial charge is 0.354 e. The third-order valence-corrected chi connectivity index (χ3v) is 2.38. The number of benzene rings is 1. The van der Waals surface area contributed by atoms with Gasteiger partial charge in [0.25, 0.3) is 6.10 Å². The van der Waals surface area contributed by atoms with Crippen LogP contribution in [0.4, 0.5) is 0 Å². The van der Waals surface area contributed by atoms with Crippen LogP contribution in [0.3, 0.4) is 0 Å². The van der Waals surface area contributed by atoms with Crippen molar-refractivity contribution in [1.82, 2.24) is 0 Å². The minimum absolute atomic E-state index is 0.202. The van der Waals surface area contributed by atoms with E-state index in [1.807, 2.05) is 0 Å². The topological polar surface area (TPSA) is 52.6 Å². The molecule has 17 heavy (non-hydrogen) atoms. The molecule has 0 radical (unpaired) electrons. The molecule has 1 atom stereocenters. The summed E-state index contributed by atoms with van der Waals surface area (Å²) in [7, 11) is 1.21. The van der Waals surface area contributed by atoms with Crippen LogP contribution in [-0.2, 0) is 14.3 Å². The maximum atomic E-state index is 11.5. The lowest BCUT2D eigenvalue weighted by Gasteiger charge is -2.15. The number of ether oxygens (including phenoxy) is 2. The molecule has 4 nitrogen and oxygen atoms in total. The van der Waals surface area contributed by atoms with Crippen molar-refractivity contribution in [3.05, 3.63) is 29.3 Å². The molecule has 0 aromatic heterocycles. The molecule has 0 aliphatic carbocycles. The van der Waals surface area contributed by atoms with Gasteiger partial charge >= 0.3 is 5.97 Å². The van der Waals surface area contributed by atoms with Crippen LogP contribution in [0.1, 0.15) is 13.3 Å². The molecule has 0 spiro atoms. The second kappa shape index (κ2) is 6.25. The molecule has 0 saturated heterocycles. The van der Waals surface area contributed by atoms with Gasteiger partial charge in [0.15, 0.2) is 5.78 Å². The molecule has 0 bridgehead atoms. The zero-order valence-corrected chi connectivity index (χ0v) is 10.4. The normalized spacial score (nSPS) is 11.7. The predicted molar refractivity (Wildman–Crippen MR) is 63.2 cm³/mol. The first kappa shape index (κ1) is 13.5. The van der Waals surface area contributed by atoms with Crippen molar-refractivity contribution in [2.45, 2.75) is 19.4 Å². The molecule has 92 valence electrons. The van der Waals surface area contributed by atoms with E-state index in [1.54, 1.807) is 31.2 Å². The zero-order chi connectivity index (χ0) is 12.8. The number of ketones is 1. The fraction of sp³-hybridized carbons (Fsp3) is 0.333. The van der Waals surface area contributed by atoms with Crippen molar-refractivity contribution in [3.8, 4) is 5.75 Å². The highest BCUT2D eigenvalue weighted by atomic mass is 35.5. The summed E-state index contributed by atoms with van der Waals surface area (Å²) in [5, 5.41) is 0.550. The van der Waals surface area contributed by atoms with Crippen molar-refractivity contribution in [2.75, 3.05) is 7.11 Å². The van der Waals surface area contributed by atoms with Gasteiger partial charge in [-0.05, 0) is 24.3 Å². The van der Waals surface area contributed by atoms with Gasteiger partial charge in [0.2, 0.25) is 0 Å². The number of halogens is 1. The maximum absolute atomic E-state index is 11.5. The van der Waals surface area contributed by atoms with Crippen molar-refractivity contribution in [2.24, 2.45) is 0 Å². The molecule has 1 unspecified atom stereocenters. The van der Waals surface area contributed by atoms with E-state index in [2.05, 4.69) is 4.74 Å². The van der Waals surface area contributed by atoms with Gasteiger partial charge in [0, 0.05) is 11.4 Å². The lowest BCUT2D eigenvalue weighted by atomic mass is 10.2. The quantitative estimate of drug-likeness (QED) is 0.599. The fourth-order valence-corrected chi connectivity index (χ4v) is 1.31. The van der Waals surface area contributed by atoms with Crippen LogP contribution >= 0.6 is 11.6 Å². The van der Waals surface area contributed by atoms with Gasteiger partial charge < -0.3 is 9.47 Å². The molecular formula is C12H13ClO4. The number of Topliss-reactive ketones (excluding diaryl/α,β-unsaturated/α-hetero) is 1. The van der Waals surface area contributed by atoms with Gasteiger partial charge in [0.1, 0.15) is 5.75 Å². The van der Waals surface area contributed by atoms with Crippen LogP contribution in [0.25, 0.3) is 0 Å². The third kappa shape index (κ3) is 3.75. The van der Waals surface area contributed by atoms with Crippen LogP contribution in [0.5, 0.6) is 5.75 Å². The minimum Gasteiger partial charge on any atom is -0.471 e. The molecule has 0 aliphatic rings. The molecule has 1 rings (SSSR count). The molecule has 0 aliphatic heterocycles. The number of hydrogen-bond donors (Lipinski definition) is 0. The summed E-state index contributed by atoms with van der Waals surface area (Å²) in [6, 6.07) is 6.39. The highest BCUT2D eigenvalue weighted by molar-refractivity contribution is 6.30. The molecule has 1 aromatic rings. The number of hydrogen-bond acceptors (Lipinski definition) is 4. The van der Waals surface area contributed by atoms with E-state index in [0.29, 0.717) is 10.8 Å². The lowest BCUT2D eigenvalue weighted by molar-refractivity contribution is -0.153. The zero-order valence-electron chi connectivity index (χ0n) is 9.60. The Morgan fingerprint density at radius 3 is 2.35 bits per heavy atom. The lowest BCUT2D eigenvalue weighted by Crippen LogP contribution is -2.36. The van der Waals surface area contributed by atoms with Crippen LogP contribution in [0, 0.1) is 0 Å². The third-order valence-electron chi connectivity index (χ3n) is 2.12. The van der Waals surface area contributed by atoms with Gasteiger partial charge in [-0.3, -0.25) is 4.79 Å². The van der Waals surface area contributed by atoms with Crippen molar-refractivity contribution >= 4 is 23.4 Å². The summed E-state index contributed by atoms with van der Waals surface area (Å²) < 4.78 is 9.81. The number of esters is 1. The number of carbonyl (C=O) groups is 2. The second-order valence-corrected chi connectivity index (χ2v) is 3.73. The molecule has 0 heterocycles. The summed E-state index contributed by atoms with van der Waals surface area (Å²) in [4.78, 5) is 22.9. The van der Waals surface area contributed by atoms with E-state index in [4.69, 9.17) is 16.3 Å². The molecule has 5 heteroatoms. The summed E-state index contributed by atoms with van der Waals surface area (Å²) >= 11 is 5.71. The average molecular weight is 257 g/mol. The minimum atomic E-state index is -1.22. The summed E-state index contributed by atoms with van der Waals surface area (Å²) in [5.41, 5.74) is 0. The van der Waals surface area contributed by atoms with Crippen LogP contribution in [0.15, 0.2) is 24.3 Å². The Balaban J connectivity index is 2.82. The standard InChI is InChI=1S/C12H13ClO4/c1-3-10(14)11(12(15)16-2)17-9-6-4-8(13)5-7-9/h4-7,11H,3H2,1-2H3. The monoisotopic (exact) mass is 256 g/mol.